The molecule has 0 bridgehead atoms. The number of methoxy groups -OCH3 is 2. The number of phenols is 1. The average molecular weight is 526 g/mol. The Hall–Kier alpha value is -4.22. The van der Waals surface area contributed by atoms with Gasteiger partial charge in [-0.25, -0.2) is 9.59 Å². The van der Waals surface area contributed by atoms with Crippen LogP contribution in [0.1, 0.15) is 31.2 Å². The van der Waals surface area contributed by atoms with Crippen molar-refractivity contribution in [1.82, 2.24) is 9.80 Å². The maximum atomic E-state index is 13.5. The van der Waals surface area contributed by atoms with Gasteiger partial charge in [0, 0.05) is 5.92 Å². The molecule has 12 heteroatoms. The SMILES string of the molecule is CCOc1cc([C@H]2C3=CC[C@@H]4C(=O)N(C(=O)OC)C(=O)[C@@H]4[C@@H]3C[C@H]3C(=O)N(C(=O)OC)C(=O)[C@@H]23)ccc1O. The summed E-state index contributed by atoms with van der Waals surface area (Å²) in [5, 5.41) is 10.3. The van der Waals surface area contributed by atoms with Gasteiger partial charge < -0.3 is 19.3 Å². The van der Waals surface area contributed by atoms with E-state index in [-0.39, 0.29) is 30.9 Å². The number of fused-ring (bicyclic) bond motifs is 4. The molecule has 3 fully saturated rings. The molecule has 2 saturated heterocycles. The molecule has 2 heterocycles. The first-order chi connectivity index (χ1) is 18.2. The maximum Gasteiger partial charge on any atom is 0.423 e. The minimum Gasteiger partial charge on any atom is -0.504 e. The molecule has 1 N–H and O–H groups in total. The summed E-state index contributed by atoms with van der Waals surface area (Å²) in [5.74, 6) is -7.97. The van der Waals surface area contributed by atoms with E-state index in [1.807, 2.05) is 0 Å². The number of ether oxygens (including phenoxy) is 3. The van der Waals surface area contributed by atoms with Crippen molar-refractivity contribution in [3.63, 3.8) is 0 Å². The van der Waals surface area contributed by atoms with Crippen LogP contribution in [0.15, 0.2) is 29.8 Å². The van der Waals surface area contributed by atoms with Gasteiger partial charge in [0.2, 0.25) is 23.6 Å². The number of carbonyl (C=O) groups is 6. The zero-order chi connectivity index (χ0) is 27.5. The molecule has 1 aromatic rings. The fourth-order valence-electron chi connectivity index (χ4n) is 6.50. The van der Waals surface area contributed by atoms with E-state index in [9.17, 15) is 33.9 Å². The second-order valence-electron chi connectivity index (χ2n) is 9.65. The Balaban J connectivity index is 1.64. The van der Waals surface area contributed by atoms with E-state index in [4.69, 9.17) is 4.74 Å². The predicted molar refractivity (Wildman–Crippen MR) is 125 cm³/mol. The van der Waals surface area contributed by atoms with Gasteiger partial charge in [0.1, 0.15) is 0 Å². The molecule has 0 unspecified atom stereocenters. The third-order valence-electron chi connectivity index (χ3n) is 8.01. The molecule has 6 amide bonds. The normalized spacial score (nSPS) is 29.9. The summed E-state index contributed by atoms with van der Waals surface area (Å²) in [4.78, 5) is 78.9. The van der Waals surface area contributed by atoms with Gasteiger partial charge in [-0.1, -0.05) is 17.7 Å². The Morgan fingerprint density at radius 2 is 1.50 bits per heavy atom. The monoisotopic (exact) mass is 526 g/mol. The maximum absolute atomic E-state index is 13.5. The summed E-state index contributed by atoms with van der Waals surface area (Å²) < 4.78 is 14.9. The van der Waals surface area contributed by atoms with Crippen molar-refractivity contribution in [2.45, 2.75) is 25.7 Å². The smallest absolute Gasteiger partial charge is 0.423 e. The summed E-state index contributed by atoms with van der Waals surface area (Å²) in [7, 11) is 2.13. The Labute approximate surface area is 217 Å². The van der Waals surface area contributed by atoms with Crippen molar-refractivity contribution in [2.24, 2.45) is 29.6 Å². The molecule has 4 aliphatic rings. The van der Waals surface area contributed by atoms with Crippen LogP contribution in [0.3, 0.4) is 0 Å². The van der Waals surface area contributed by atoms with Crippen molar-refractivity contribution < 1.29 is 48.1 Å². The summed E-state index contributed by atoms with van der Waals surface area (Å²) in [6, 6.07) is 4.57. The molecular formula is C26H26N2O10. The van der Waals surface area contributed by atoms with Gasteiger partial charge in [-0.05, 0) is 43.4 Å². The van der Waals surface area contributed by atoms with Crippen molar-refractivity contribution >= 4 is 35.8 Å². The van der Waals surface area contributed by atoms with Crippen LogP contribution in [0.2, 0.25) is 0 Å². The molecule has 2 aliphatic heterocycles. The minimum atomic E-state index is -1.10. The van der Waals surface area contributed by atoms with E-state index in [2.05, 4.69) is 9.47 Å². The first-order valence-electron chi connectivity index (χ1n) is 12.2. The van der Waals surface area contributed by atoms with E-state index >= 15 is 0 Å². The molecule has 0 spiro atoms. The summed E-state index contributed by atoms with van der Waals surface area (Å²) in [6.07, 6.45) is -0.235. The van der Waals surface area contributed by atoms with Crippen LogP contribution in [0, 0.1) is 29.6 Å². The molecule has 1 aromatic carbocycles. The van der Waals surface area contributed by atoms with Gasteiger partial charge in [-0.15, -0.1) is 0 Å². The van der Waals surface area contributed by atoms with Gasteiger partial charge >= 0.3 is 12.2 Å². The van der Waals surface area contributed by atoms with Crippen molar-refractivity contribution in [2.75, 3.05) is 20.8 Å². The molecule has 5 rings (SSSR count). The van der Waals surface area contributed by atoms with Gasteiger partial charge in [-0.2, -0.15) is 9.80 Å². The lowest BCUT2D eigenvalue weighted by Gasteiger charge is -2.44. The highest BCUT2D eigenvalue weighted by Crippen LogP contribution is 2.58. The van der Waals surface area contributed by atoms with E-state index in [0.29, 0.717) is 20.9 Å². The Morgan fingerprint density at radius 1 is 0.895 bits per heavy atom. The highest BCUT2D eigenvalue weighted by atomic mass is 16.5. The number of rotatable bonds is 3. The van der Waals surface area contributed by atoms with E-state index < -0.39 is 71.3 Å². The van der Waals surface area contributed by atoms with E-state index in [1.54, 1.807) is 25.1 Å². The average Bonchev–Trinajstić information content (AvgIpc) is 3.32. The van der Waals surface area contributed by atoms with Crippen molar-refractivity contribution in [1.29, 1.82) is 0 Å². The second kappa shape index (κ2) is 9.26. The number of likely N-dealkylation sites (tertiary alicyclic amines) is 2. The fraction of sp³-hybridized carbons (Fsp3) is 0.462. The van der Waals surface area contributed by atoms with Gasteiger partial charge in [0.05, 0.1) is 44.5 Å². The molecule has 38 heavy (non-hydrogen) atoms. The molecule has 200 valence electrons. The first-order valence-corrected chi connectivity index (χ1v) is 12.2. The minimum absolute atomic E-state index is 0.0245. The molecule has 2 aliphatic carbocycles. The topological polar surface area (TPSA) is 157 Å². The standard InChI is InChI=1S/C26H26N2O10/c1-4-38-17-9-11(5-8-16(17)29)18-12-6-7-13-19(23(32)27(21(13)30)25(34)36-2)14(12)10-15-20(18)24(33)28(22(15)31)26(35)37-3/h5-6,8-9,13-15,18-20,29H,4,7,10H2,1-3H3/t13-,14+,15+,18-,19-,20+/m0/s1. The number of aromatic hydroxyl groups is 1. The van der Waals surface area contributed by atoms with Crippen LogP contribution in [0.5, 0.6) is 11.5 Å². The number of hydrogen-bond donors (Lipinski definition) is 1. The Kier molecular flexibility index (Phi) is 6.20. The zero-order valence-electron chi connectivity index (χ0n) is 20.9. The van der Waals surface area contributed by atoms with Gasteiger partial charge in [0.25, 0.3) is 0 Å². The lowest BCUT2D eigenvalue weighted by Crippen LogP contribution is -2.43. The molecule has 6 atom stereocenters. The molecule has 1 saturated carbocycles. The Morgan fingerprint density at radius 3 is 2.11 bits per heavy atom. The lowest BCUT2D eigenvalue weighted by atomic mass is 9.57. The number of nitrogens with zero attached hydrogens (tertiary/aromatic N) is 2. The molecular weight excluding hydrogens is 500 g/mol. The quantitative estimate of drug-likeness (QED) is 0.456. The number of amides is 6. The fourth-order valence-corrected chi connectivity index (χ4v) is 6.50. The van der Waals surface area contributed by atoms with E-state index in [1.165, 1.54) is 6.07 Å². The number of allylic oxidation sites excluding steroid dienone is 2. The van der Waals surface area contributed by atoms with E-state index in [0.717, 1.165) is 14.2 Å². The first kappa shape index (κ1) is 25.4. The third kappa shape index (κ3) is 3.50. The number of benzene rings is 1. The second-order valence-corrected chi connectivity index (χ2v) is 9.65. The van der Waals surface area contributed by atoms with Crippen LogP contribution < -0.4 is 4.74 Å². The highest BCUT2D eigenvalue weighted by molar-refractivity contribution is 6.17. The summed E-state index contributed by atoms with van der Waals surface area (Å²) in [5.41, 5.74) is 1.19. The largest absolute Gasteiger partial charge is 0.504 e. The summed E-state index contributed by atoms with van der Waals surface area (Å²) >= 11 is 0. The van der Waals surface area contributed by atoms with Crippen molar-refractivity contribution in [3.8, 4) is 11.5 Å². The Bertz CT molecular complexity index is 1300. The van der Waals surface area contributed by atoms with Gasteiger partial charge in [-0.3, -0.25) is 19.2 Å². The number of hydrogen-bond acceptors (Lipinski definition) is 10. The zero-order valence-corrected chi connectivity index (χ0v) is 20.9. The van der Waals surface area contributed by atoms with Crippen LogP contribution in [-0.4, -0.2) is 71.5 Å². The molecule has 0 aromatic heterocycles. The number of carbonyl (C=O) groups excluding carboxylic acids is 6. The van der Waals surface area contributed by atoms with Crippen LogP contribution in [-0.2, 0) is 28.7 Å². The van der Waals surface area contributed by atoms with Crippen LogP contribution >= 0.6 is 0 Å². The van der Waals surface area contributed by atoms with Crippen LogP contribution in [0.25, 0.3) is 0 Å². The number of imide groups is 6. The van der Waals surface area contributed by atoms with Crippen LogP contribution in [0.4, 0.5) is 9.59 Å². The highest BCUT2D eigenvalue weighted by Gasteiger charge is 2.63. The predicted octanol–water partition coefficient (Wildman–Crippen LogP) is 1.96. The summed E-state index contributed by atoms with van der Waals surface area (Å²) in [6.45, 7) is 2.00. The third-order valence-corrected chi connectivity index (χ3v) is 8.01. The molecule has 0 radical (unpaired) electrons. The lowest BCUT2D eigenvalue weighted by molar-refractivity contribution is -0.139. The van der Waals surface area contributed by atoms with Gasteiger partial charge in [0.15, 0.2) is 11.5 Å². The van der Waals surface area contributed by atoms with Crippen molar-refractivity contribution in [3.05, 3.63) is 35.4 Å². The number of phenolic OH excluding ortho intramolecular Hbond substituents is 1. The molecule has 12 nitrogen and oxygen atoms in total.